The Bertz CT molecular complexity index is 599. The van der Waals surface area contributed by atoms with Gasteiger partial charge in [0, 0.05) is 17.7 Å². The molecule has 5 heteroatoms. The lowest BCUT2D eigenvalue weighted by Crippen LogP contribution is -2.09. The lowest BCUT2D eigenvalue weighted by Gasteiger charge is -2.14. The van der Waals surface area contributed by atoms with Crippen LogP contribution < -0.4 is 10.5 Å². The molecule has 0 aliphatic rings. The van der Waals surface area contributed by atoms with Crippen LogP contribution in [0.15, 0.2) is 36.4 Å². The van der Waals surface area contributed by atoms with E-state index in [4.69, 9.17) is 10.5 Å². The van der Waals surface area contributed by atoms with Gasteiger partial charge < -0.3 is 10.5 Å². The van der Waals surface area contributed by atoms with E-state index in [0.29, 0.717) is 0 Å². The predicted octanol–water partition coefficient (Wildman–Crippen LogP) is 3.92. The third-order valence-corrected chi connectivity index (χ3v) is 2.59. The van der Waals surface area contributed by atoms with Crippen molar-refractivity contribution in [2.24, 2.45) is 5.73 Å². The third kappa shape index (κ3) is 2.88. The number of hydrogen-bond acceptors (Lipinski definition) is 2. The number of halogens is 3. The van der Waals surface area contributed by atoms with E-state index in [9.17, 15) is 13.2 Å². The number of hydrogen-bond donors (Lipinski definition) is 1. The van der Waals surface area contributed by atoms with Crippen molar-refractivity contribution < 1.29 is 17.9 Å². The highest BCUT2D eigenvalue weighted by Gasteiger charge is 2.14. The molecule has 0 bridgehead atoms. The van der Waals surface area contributed by atoms with Crippen molar-refractivity contribution in [1.29, 1.82) is 0 Å². The normalized spacial score (nSPS) is 12.3. The summed E-state index contributed by atoms with van der Waals surface area (Å²) in [5, 5.41) is 0. The van der Waals surface area contributed by atoms with Crippen molar-refractivity contribution in [3.8, 4) is 11.5 Å². The van der Waals surface area contributed by atoms with E-state index in [1.54, 1.807) is 6.92 Å². The molecule has 0 aromatic heterocycles. The molecule has 2 N–H and O–H groups in total. The summed E-state index contributed by atoms with van der Waals surface area (Å²) in [7, 11) is 0. The Morgan fingerprint density at radius 2 is 1.74 bits per heavy atom. The Hall–Kier alpha value is -2.01. The Kier molecular flexibility index (Phi) is 3.76. The van der Waals surface area contributed by atoms with Crippen LogP contribution in [0.3, 0.4) is 0 Å². The summed E-state index contributed by atoms with van der Waals surface area (Å²) in [4.78, 5) is 0. The smallest absolute Gasteiger partial charge is 0.162 e. The van der Waals surface area contributed by atoms with Gasteiger partial charge in [-0.25, -0.2) is 13.2 Å². The van der Waals surface area contributed by atoms with Gasteiger partial charge in [0.1, 0.15) is 17.3 Å². The highest BCUT2D eigenvalue weighted by Crippen LogP contribution is 2.31. The number of rotatable bonds is 3. The van der Waals surface area contributed by atoms with Crippen LogP contribution in [0, 0.1) is 17.5 Å². The molecule has 2 aromatic carbocycles. The number of benzene rings is 2. The van der Waals surface area contributed by atoms with Crippen LogP contribution in [0.25, 0.3) is 0 Å². The minimum Gasteiger partial charge on any atom is -0.457 e. The van der Waals surface area contributed by atoms with Gasteiger partial charge in [0.25, 0.3) is 0 Å². The van der Waals surface area contributed by atoms with E-state index >= 15 is 0 Å². The van der Waals surface area contributed by atoms with Crippen molar-refractivity contribution in [2.75, 3.05) is 0 Å². The zero-order valence-electron chi connectivity index (χ0n) is 10.2. The monoisotopic (exact) mass is 267 g/mol. The first kappa shape index (κ1) is 13.4. The van der Waals surface area contributed by atoms with Crippen molar-refractivity contribution in [3.63, 3.8) is 0 Å². The maximum Gasteiger partial charge on any atom is 0.162 e. The minimum atomic E-state index is -1.03. The van der Waals surface area contributed by atoms with Crippen LogP contribution in [0.4, 0.5) is 13.2 Å². The molecule has 0 unspecified atom stereocenters. The topological polar surface area (TPSA) is 35.2 Å². The Balaban J connectivity index is 2.38. The summed E-state index contributed by atoms with van der Waals surface area (Å²) < 4.78 is 44.9. The highest BCUT2D eigenvalue weighted by molar-refractivity contribution is 5.40. The van der Waals surface area contributed by atoms with Gasteiger partial charge in [0.05, 0.1) is 0 Å². The second-order valence-electron chi connectivity index (χ2n) is 4.12. The fraction of sp³-hybridized carbons (Fsp3) is 0.143. The molecule has 0 fully saturated rings. The molecule has 1 atom stereocenters. The lowest BCUT2D eigenvalue weighted by molar-refractivity contribution is 0.447. The summed E-state index contributed by atoms with van der Waals surface area (Å²) in [6, 6.07) is 6.74. The SMILES string of the molecule is C[C@H](N)c1c(F)cccc1Oc1ccc(F)c(F)c1. The second-order valence-corrected chi connectivity index (χ2v) is 4.12. The molecule has 2 aromatic rings. The van der Waals surface area contributed by atoms with E-state index in [0.717, 1.165) is 12.1 Å². The zero-order chi connectivity index (χ0) is 14.0. The van der Waals surface area contributed by atoms with Crippen molar-refractivity contribution in [2.45, 2.75) is 13.0 Å². The van der Waals surface area contributed by atoms with Crippen LogP contribution in [-0.2, 0) is 0 Å². The molecule has 100 valence electrons. The molecule has 0 aliphatic heterocycles. The van der Waals surface area contributed by atoms with E-state index < -0.39 is 23.5 Å². The van der Waals surface area contributed by atoms with Gasteiger partial charge in [0.15, 0.2) is 11.6 Å². The second kappa shape index (κ2) is 5.32. The maximum absolute atomic E-state index is 13.7. The van der Waals surface area contributed by atoms with Gasteiger partial charge in [-0.2, -0.15) is 0 Å². The van der Waals surface area contributed by atoms with Crippen LogP contribution in [-0.4, -0.2) is 0 Å². The van der Waals surface area contributed by atoms with Crippen molar-refractivity contribution >= 4 is 0 Å². The van der Waals surface area contributed by atoms with E-state index in [1.807, 2.05) is 0 Å². The Morgan fingerprint density at radius 3 is 2.37 bits per heavy atom. The van der Waals surface area contributed by atoms with Gasteiger partial charge in [-0.3, -0.25) is 0 Å². The number of ether oxygens (including phenoxy) is 1. The minimum absolute atomic E-state index is 0.0754. The largest absolute Gasteiger partial charge is 0.457 e. The molecule has 0 aliphatic carbocycles. The van der Waals surface area contributed by atoms with E-state index in [1.165, 1.54) is 24.3 Å². The fourth-order valence-corrected chi connectivity index (χ4v) is 1.72. The van der Waals surface area contributed by atoms with E-state index in [2.05, 4.69) is 0 Å². The molecular weight excluding hydrogens is 255 g/mol. The van der Waals surface area contributed by atoms with Gasteiger partial charge >= 0.3 is 0 Å². The molecular formula is C14H12F3NO. The molecule has 0 saturated heterocycles. The van der Waals surface area contributed by atoms with Crippen molar-refractivity contribution in [1.82, 2.24) is 0 Å². The average molecular weight is 267 g/mol. The Labute approximate surface area is 108 Å². The third-order valence-electron chi connectivity index (χ3n) is 2.59. The summed E-state index contributed by atoms with van der Waals surface area (Å²) in [6.07, 6.45) is 0. The maximum atomic E-state index is 13.7. The van der Waals surface area contributed by atoms with Crippen molar-refractivity contribution in [3.05, 3.63) is 59.4 Å². The predicted molar refractivity (Wildman–Crippen MR) is 65.4 cm³/mol. The van der Waals surface area contributed by atoms with Gasteiger partial charge in [-0.05, 0) is 31.2 Å². The first-order chi connectivity index (χ1) is 8.99. The molecule has 0 heterocycles. The first-order valence-electron chi connectivity index (χ1n) is 5.66. The summed E-state index contributed by atoms with van der Waals surface area (Å²) >= 11 is 0. The summed E-state index contributed by atoms with van der Waals surface area (Å²) in [5.74, 6) is -2.25. The molecule has 0 radical (unpaired) electrons. The van der Waals surface area contributed by atoms with Gasteiger partial charge in [-0.1, -0.05) is 6.07 Å². The highest BCUT2D eigenvalue weighted by atomic mass is 19.2. The molecule has 2 nitrogen and oxygen atoms in total. The van der Waals surface area contributed by atoms with Gasteiger partial charge in [0.2, 0.25) is 0 Å². The fourth-order valence-electron chi connectivity index (χ4n) is 1.72. The first-order valence-corrected chi connectivity index (χ1v) is 5.66. The van der Waals surface area contributed by atoms with Crippen LogP contribution in [0.5, 0.6) is 11.5 Å². The van der Waals surface area contributed by atoms with Crippen LogP contribution in [0.1, 0.15) is 18.5 Å². The average Bonchev–Trinajstić information content (AvgIpc) is 2.33. The quantitative estimate of drug-likeness (QED) is 0.914. The van der Waals surface area contributed by atoms with Crippen LogP contribution in [0.2, 0.25) is 0 Å². The molecule has 0 amide bonds. The molecule has 0 saturated carbocycles. The number of nitrogens with two attached hydrogens (primary N) is 1. The molecule has 0 spiro atoms. The zero-order valence-corrected chi connectivity index (χ0v) is 10.2. The lowest BCUT2D eigenvalue weighted by atomic mass is 10.1. The van der Waals surface area contributed by atoms with Crippen LogP contribution >= 0.6 is 0 Å². The summed E-state index contributed by atoms with van der Waals surface area (Å²) in [6.45, 7) is 1.61. The standard InChI is InChI=1S/C14H12F3NO/c1-8(18)14-11(16)3-2-4-13(14)19-9-5-6-10(15)12(17)7-9/h2-8H,18H2,1H3/t8-/m0/s1. The molecule has 19 heavy (non-hydrogen) atoms. The van der Waals surface area contributed by atoms with Gasteiger partial charge in [-0.15, -0.1) is 0 Å². The Morgan fingerprint density at radius 1 is 1.00 bits per heavy atom. The van der Waals surface area contributed by atoms with E-state index in [-0.39, 0.29) is 17.1 Å². The summed E-state index contributed by atoms with van der Waals surface area (Å²) in [5.41, 5.74) is 5.86. The molecule has 2 rings (SSSR count).